The molecule has 0 bridgehead atoms. The van der Waals surface area contributed by atoms with Crippen molar-refractivity contribution >= 4 is 40.3 Å². The van der Waals surface area contributed by atoms with Gasteiger partial charge in [0.15, 0.2) is 0 Å². The minimum atomic E-state index is 0.707. The van der Waals surface area contributed by atoms with E-state index in [-0.39, 0.29) is 0 Å². The summed E-state index contributed by atoms with van der Waals surface area (Å²) >= 11 is 7.69. The molecule has 0 radical (unpaired) electrons. The van der Waals surface area contributed by atoms with Crippen LogP contribution >= 0.6 is 23.5 Å². The Kier molecular flexibility index (Phi) is 4.15. The number of para-hydroxylation sites is 1. The molecule has 0 aliphatic heterocycles. The lowest BCUT2D eigenvalue weighted by atomic mass is 10.2. The number of fused-ring (bicyclic) bond motifs is 1. The maximum absolute atomic E-state index is 6.16. The molecule has 24 heavy (non-hydrogen) atoms. The van der Waals surface area contributed by atoms with Gasteiger partial charge in [-0.15, -0.1) is 0 Å². The second kappa shape index (κ2) is 6.59. The van der Waals surface area contributed by atoms with Crippen LogP contribution in [0.3, 0.4) is 0 Å². The topological polar surface area (TPSA) is 40.7 Å². The molecular formula is C19H14ClN3S. The van der Waals surface area contributed by atoms with E-state index in [1.54, 1.807) is 0 Å². The van der Waals surface area contributed by atoms with E-state index in [4.69, 9.17) is 11.6 Å². The van der Waals surface area contributed by atoms with Crippen molar-refractivity contribution in [2.75, 3.05) is 4.72 Å². The van der Waals surface area contributed by atoms with Crippen LogP contribution < -0.4 is 4.72 Å². The van der Waals surface area contributed by atoms with Crippen molar-refractivity contribution in [3.05, 3.63) is 77.8 Å². The third-order valence-electron chi connectivity index (χ3n) is 3.65. The molecule has 3 nitrogen and oxygen atoms in total. The average Bonchev–Trinajstić information content (AvgIpc) is 3.05. The summed E-state index contributed by atoms with van der Waals surface area (Å²) in [5, 5.41) is 0.707. The Bertz CT molecular complexity index is 982. The zero-order chi connectivity index (χ0) is 16.4. The maximum Gasteiger partial charge on any atom is 0.138 e. The van der Waals surface area contributed by atoms with Crippen molar-refractivity contribution in [3.8, 4) is 11.4 Å². The van der Waals surface area contributed by atoms with Gasteiger partial charge in [-0.1, -0.05) is 54.1 Å². The zero-order valence-corrected chi connectivity index (χ0v) is 14.2. The Morgan fingerprint density at radius 2 is 1.71 bits per heavy atom. The standard InChI is InChI=1S/C19H14ClN3S/c20-15-8-4-5-9-16(15)23-24-14-10-11-17-18(12-14)22-19(21-17)13-6-2-1-3-7-13/h1-12,23H,(H,21,22). The molecule has 4 aromatic rings. The van der Waals surface area contributed by atoms with Crippen LogP contribution in [0.25, 0.3) is 22.4 Å². The van der Waals surface area contributed by atoms with Gasteiger partial charge in [0.2, 0.25) is 0 Å². The van der Waals surface area contributed by atoms with Gasteiger partial charge < -0.3 is 9.71 Å². The average molecular weight is 352 g/mol. The lowest BCUT2D eigenvalue weighted by Crippen LogP contribution is -1.87. The summed E-state index contributed by atoms with van der Waals surface area (Å²) in [7, 11) is 0. The Balaban J connectivity index is 1.58. The molecule has 0 atom stereocenters. The molecule has 5 heteroatoms. The van der Waals surface area contributed by atoms with Crippen LogP contribution in [0.2, 0.25) is 5.02 Å². The predicted molar refractivity (Wildman–Crippen MR) is 102 cm³/mol. The Hall–Kier alpha value is -2.43. The lowest BCUT2D eigenvalue weighted by Gasteiger charge is -2.06. The molecule has 0 saturated carbocycles. The fourth-order valence-corrected chi connectivity index (χ4v) is 3.40. The first kappa shape index (κ1) is 15.1. The third-order valence-corrected chi connectivity index (χ3v) is 4.79. The van der Waals surface area contributed by atoms with Gasteiger partial charge in [-0.05, 0) is 42.3 Å². The summed E-state index contributed by atoms with van der Waals surface area (Å²) in [4.78, 5) is 9.12. The first-order valence-electron chi connectivity index (χ1n) is 7.52. The summed E-state index contributed by atoms with van der Waals surface area (Å²) in [6.45, 7) is 0. The Labute approximate surface area is 149 Å². The highest BCUT2D eigenvalue weighted by atomic mass is 35.5. The van der Waals surface area contributed by atoms with Crippen LogP contribution in [-0.4, -0.2) is 9.97 Å². The molecule has 0 spiro atoms. The molecule has 0 saturated heterocycles. The Morgan fingerprint density at radius 3 is 2.54 bits per heavy atom. The summed E-state index contributed by atoms with van der Waals surface area (Å²) in [5.74, 6) is 0.881. The van der Waals surface area contributed by atoms with Crippen LogP contribution in [0.1, 0.15) is 0 Å². The number of imidazole rings is 1. The SMILES string of the molecule is Clc1ccccc1NSc1ccc2nc(-c3ccccc3)[nH]c2c1. The van der Waals surface area contributed by atoms with Crippen molar-refractivity contribution in [1.82, 2.24) is 9.97 Å². The highest BCUT2D eigenvalue weighted by Crippen LogP contribution is 2.29. The minimum Gasteiger partial charge on any atom is -0.338 e. The number of nitrogens with one attached hydrogen (secondary N) is 2. The van der Waals surface area contributed by atoms with Crippen LogP contribution in [0.5, 0.6) is 0 Å². The number of anilines is 1. The molecule has 1 aromatic heterocycles. The monoisotopic (exact) mass is 351 g/mol. The number of rotatable bonds is 4. The van der Waals surface area contributed by atoms with Gasteiger partial charge in [-0.25, -0.2) is 4.98 Å². The molecule has 1 heterocycles. The van der Waals surface area contributed by atoms with E-state index in [2.05, 4.69) is 20.8 Å². The maximum atomic E-state index is 6.16. The number of benzene rings is 3. The van der Waals surface area contributed by atoms with E-state index in [1.165, 1.54) is 11.9 Å². The van der Waals surface area contributed by atoms with E-state index in [1.807, 2.05) is 66.7 Å². The van der Waals surface area contributed by atoms with Gasteiger partial charge in [0.1, 0.15) is 5.82 Å². The van der Waals surface area contributed by atoms with E-state index in [0.29, 0.717) is 5.02 Å². The van der Waals surface area contributed by atoms with Gasteiger partial charge in [0, 0.05) is 10.5 Å². The molecule has 118 valence electrons. The van der Waals surface area contributed by atoms with Gasteiger partial charge in [0.25, 0.3) is 0 Å². The number of hydrogen-bond acceptors (Lipinski definition) is 3. The van der Waals surface area contributed by atoms with Gasteiger partial charge >= 0.3 is 0 Å². The molecule has 0 aliphatic carbocycles. The molecule has 0 aliphatic rings. The van der Waals surface area contributed by atoms with Crippen LogP contribution in [0, 0.1) is 0 Å². The van der Waals surface area contributed by atoms with E-state index < -0.39 is 0 Å². The fraction of sp³-hybridized carbons (Fsp3) is 0. The molecular weight excluding hydrogens is 338 g/mol. The number of H-pyrrole nitrogens is 1. The third kappa shape index (κ3) is 3.11. The molecule has 0 amide bonds. The van der Waals surface area contributed by atoms with Gasteiger partial charge in [-0.2, -0.15) is 0 Å². The lowest BCUT2D eigenvalue weighted by molar-refractivity contribution is 1.34. The van der Waals surface area contributed by atoms with E-state index in [9.17, 15) is 0 Å². The molecule has 3 aromatic carbocycles. The van der Waals surface area contributed by atoms with Crippen molar-refractivity contribution in [2.24, 2.45) is 0 Å². The largest absolute Gasteiger partial charge is 0.338 e. The summed E-state index contributed by atoms with van der Waals surface area (Å²) in [6.07, 6.45) is 0. The summed E-state index contributed by atoms with van der Waals surface area (Å²) in [6, 6.07) is 24.0. The van der Waals surface area contributed by atoms with Crippen LogP contribution in [0.15, 0.2) is 77.7 Å². The second-order valence-electron chi connectivity index (χ2n) is 5.31. The first-order valence-corrected chi connectivity index (χ1v) is 8.71. The van der Waals surface area contributed by atoms with Crippen LogP contribution in [0.4, 0.5) is 5.69 Å². The molecule has 0 fully saturated rings. The highest BCUT2D eigenvalue weighted by molar-refractivity contribution is 8.00. The predicted octanol–water partition coefficient (Wildman–Crippen LogP) is 6.00. The zero-order valence-electron chi connectivity index (χ0n) is 12.7. The number of hydrogen-bond donors (Lipinski definition) is 2. The first-order chi connectivity index (χ1) is 11.8. The second-order valence-corrected chi connectivity index (χ2v) is 6.60. The fourth-order valence-electron chi connectivity index (χ4n) is 2.44. The quantitative estimate of drug-likeness (QED) is 0.443. The van der Waals surface area contributed by atoms with E-state index >= 15 is 0 Å². The summed E-state index contributed by atoms with van der Waals surface area (Å²) < 4.78 is 3.28. The van der Waals surface area contributed by atoms with Gasteiger partial charge in [-0.3, -0.25) is 0 Å². The summed E-state index contributed by atoms with van der Waals surface area (Å²) in [5.41, 5.74) is 3.95. The van der Waals surface area contributed by atoms with Gasteiger partial charge in [0.05, 0.1) is 21.7 Å². The van der Waals surface area contributed by atoms with Crippen LogP contribution in [-0.2, 0) is 0 Å². The highest BCUT2D eigenvalue weighted by Gasteiger charge is 2.06. The number of nitrogens with zero attached hydrogens (tertiary/aromatic N) is 1. The molecule has 4 rings (SSSR count). The number of aromatic amines is 1. The van der Waals surface area contributed by atoms with E-state index in [0.717, 1.165) is 33.0 Å². The van der Waals surface area contributed by atoms with Crippen molar-refractivity contribution in [2.45, 2.75) is 4.90 Å². The minimum absolute atomic E-state index is 0.707. The van der Waals surface area contributed by atoms with Crippen molar-refractivity contribution in [1.29, 1.82) is 0 Å². The smallest absolute Gasteiger partial charge is 0.138 e. The molecule has 0 unspecified atom stereocenters. The number of halogens is 1. The normalized spacial score (nSPS) is 10.9. The molecule has 2 N–H and O–H groups in total. The Morgan fingerprint density at radius 1 is 0.917 bits per heavy atom. The van der Waals surface area contributed by atoms with Crippen molar-refractivity contribution < 1.29 is 0 Å². The number of aromatic nitrogens is 2. The van der Waals surface area contributed by atoms with Crippen molar-refractivity contribution in [3.63, 3.8) is 0 Å².